The SMILES string of the molecule is COc1nc(N2CC3CCC(C2)N3)c2cc(C(F)(F)F)c(Cl)cc2n1.FC1CC2CCCN2C1. The molecule has 4 unspecified atom stereocenters. The Labute approximate surface area is 200 Å². The summed E-state index contributed by atoms with van der Waals surface area (Å²) in [6, 6.07) is 3.64. The van der Waals surface area contributed by atoms with Crippen LogP contribution in [0, 0.1) is 0 Å². The molecule has 0 spiro atoms. The van der Waals surface area contributed by atoms with E-state index in [0.717, 1.165) is 31.9 Å². The van der Waals surface area contributed by atoms with Crippen molar-refractivity contribution in [1.29, 1.82) is 0 Å². The number of ether oxygens (including phenoxy) is 1. The van der Waals surface area contributed by atoms with E-state index in [2.05, 4.69) is 20.2 Å². The predicted molar refractivity (Wildman–Crippen MR) is 122 cm³/mol. The Morgan fingerprint density at radius 1 is 1.09 bits per heavy atom. The first-order valence-corrected chi connectivity index (χ1v) is 12.1. The van der Waals surface area contributed by atoms with Crippen LogP contribution in [-0.2, 0) is 6.18 Å². The van der Waals surface area contributed by atoms with E-state index in [-0.39, 0.29) is 11.0 Å². The van der Waals surface area contributed by atoms with E-state index in [1.165, 1.54) is 26.0 Å². The minimum Gasteiger partial charge on any atom is -0.467 e. The highest BCUT2D eigenvalue weighted by atomic mass is 35.5. The van der Waals surface area contributed by atoms with Gasteiger partial charge in [0, 0.05) is 43.1 Å². The summed E-state index contributed by atoms with van der Waals surface area (Å²) in [5, 5.41) is 3.44. The summed E-state index contributed by atoms with van der Waals surface area (Å²) in [5.41, 5.74) is -0.541. The van der Waals surface area contributed by atoms with Gasteiger partial charge in [-0.25, -0.2) is 4.39 Å². The number of rotatable bonds is 2. The average Bonchev–Trinajstić information content (AvgIpc) is 3.46. The number of nitrogens with one attached hydrogen (secondary N) is 1. The van der Waals surface area contributed by atoms with Crippen LogP contribution in [0.4, 0.5) is 23.4 Å². The number of halogens is 5. The fourth-order valence-electron chi connectivity index (χ4n) is 5.66. The van der Waals surface area contributed by atoms with Crippen molar-refractivity contribution in [3.05, 3.63) is 22.7 Å². The van der Waals surface area contributed by atoms with Gasteiger partial charge in [0.15, 0.2) is 0 Å². The van der Waals surface area contributed by atoms with Crippen molar-refractivity contribution in [3.63, 3.8) is 0 Å². The van der Waals surface area contributed by atoms with E-state index in [4.69, 9.17) is 16.3 Å². The zero-order chi connectivity index (χ0) is 24.0. The summed E-state index contributed by atoms with van der Waals surface area (Å²) in [5.74, 6) is 0.461. The van der Waals surface area contributed by atoms with Crippen LogP contribution in [0.15, 0.2) is 12.1 Å². The molecule has 34 heavy (non-hydrogen) atoms. The van der Waals surface area contributed by atoms with Crippen LogP contribution in [0.25, 0.3) is 10.9 Å². The minimum absolute atomic E-state index is 0.115. The van der Waals surface area contributed by atoms with Crippen LogP contribution in [0.5, 0.6) is 6.01 Å². The Morgan fingerprint density at radius 3 is 2.47 bits per heavy atom. The van der Waals surface area contributed by atoms with Crippen LogP contribution in [-0.4, -0.2) is 72.5 Å². The summed E-state index contributed by atoms with van der Waals surface area (Å²) >= 11 is 5.83. The van der Waals surface area contributed by atoms with Gasteiger partial charge in [-0.05, 0) is 50.8 Å². The molecule has 186 valence electrons. The summed E-state index contributed by atoms with van der Waals surface area (Å²) in [4.78, 5) is 12.8. The van der Waals surface area contributed by atoms with E-state index < -0.39 is 17.9 Å². The maximum absolute atomic E-state index is 13.3. The van der Waals surface area contributed by atoms with Gasteiger partial charge in [0.05, 0.1) is 23.2 Å². The van der Waals surface area contributed by atoms with Gasteiger partial charge in [0.1, 0.15) is 12.0 Å². The maximum Gasteiger partial charge on any atom is 0.417 e. The smallest absolute Gasteiger partial charge is 0.417 e. The molecule has 6 nitrogen and oxygen atoms in total. The van der Waals surface area contributed by atoms with E-state index in [1.54, 1.807) is 0 Å². The first-order chi connectivity index (χ1) is 16.2. The standard InChI is InChI=1S/C16H16ClF3N4O.C7H12FN/c1-25-15-22-13-5-12(17)11(16(18,19)20)4-10(13)14(23-15)24-6-8-2-3-9(7-24)21-8;8-6-4-7-2-1-3-9(7)5-6/h4-5,8-9,21H,2-3,6-7H2,1H3;6-7H,1-5H2. The Bertz CT molecular complexity index is 1030. The quantitative estimate of drug-likeness (QED) is 0.614. The van der Waals surface area contributed by atoms with Crippen molar-refractivity contribution in [2.75, 3.05) is 38.2 Å². The lowest BCUT2D eigenvalue weighted by Gasteiger charge is -2.34. The van der Waals surface area contributed by atoms with Crippen molar-refractivity contribution >= 4 is 28.3 Å². The van der Waals surface area contributed by atoms with Gasteiger partial charge in [-0.1, -0.05) is 11.6 Å². The molecule has 0 radical (unpaired) electrons. The number of aromatic nitrogens is 2. The minimum atomic E-state index is -4.54. The molecule has 1 aromatic carbocycles. The molecular formula is C23H28ClF4N5O. The van der Waals surface area contributed by atoms with E-state index >= 15 is 0 Å². The molecule has 1 aromatic heterocycles. The Hall–Kier alpha value is -1.91. The van der Waals surface area contributed by atoms with Crippen LogP contribution in [0.1, 0.15) is 37.7 Å². The Balaban J connectivity index is 0.000000222. The first-order valence-electron chi connectivity index (χ1n) is 11.7. The number of anilines is 1. The van der Waals surface area contributed by atoms with Gasteiger partial charge in [-0.15, -0.1) is 0 Å². The molecule has 5 heterocycles. The highest BCUT2D eigenvalue weighted by molar-refractivity contribution is 6.32. The van der Waals surface area contributed by atoms with Gasteiger partial charge in [-0.2, -0.15) is 23.1 Å². The Kier molecular flexibility index (Phi) is 6.50. The van der Waals surface area contributed by atoms with Crippen molar-refractivity contribution in [2.45, 2.75) is 62.6 Å². The van der Waals surface area contributed by atoms with Gasteiger partial charge in [-0.3, -0.25) is 4.90 Å². The number of fused-ring (bicyclic) bond motifs is 4. The second kappa shape index (κ2) is 9.28. The number of hydrogen-bond acceptors (Lipinski definition) is 6. The van der Waals surface area contributed by atoms with Gasteiger partial charge >= 0.3 is 12.2 Å². The zero-order valence-electron chi connectivity index (χ0n) is 18.9. The van der Waals surface area contributed by atoms with Crippen LogP contribution in [0.3, 0.4) is 0 Å². The highest BCUT2D eigenvalue weighted by Gasteiger charge is 2.37. The zero-order valence-corrected chi connectivity index (χ0v) is 19.7. The lowest BCUT2D eigenvalue weighted by atomic mass is 10.1. The number of piperazine rings is 1. The van der Waals surface area contributed by atoms with Gasteiger partial charge < -0.3 is 15.0 Å². The van der Waals surface area contributed by atoms with Crippen molar-refractivity contribution in [3.8, 4) is 6.01 Å². The molecule has 2 bridgehead atoms. The Morgan fingerprint density at radius 2 is 1.82 bits per heavy atom. The number of alkyl halides is 4. The summed E-state index contributed by atoms with van der Waals surface area (Å²) in [6.45, 7) is 3.24. The summed E-state index contributed by atoms with van der Waals surface area (Å²) in [6.07, 6.45) is 0.389. The second-order valence-electron chi connectivity index (χ2n) is 9.55. The van der Waals surface area contributed by atoms with Gasteiger partial charge in [0.2, 0.25) is 0 Å². The molecule has 4 fully saturated rings. The number of methoxy groups -OCH3 is 1. The molecule has 0 amide bonds. The lowest BCUT2D eigenvalue weighted by Crippen LogP contribution is -2.51. The summed E-state index contributed by atoms with van der Waals surface area (Å²) in [7, 11) is 1.43. The van der Waals surface area contributed by atoms with Crippen LogP contribution in [0.2, 0.25) is 5.02 Å². The molecule has 0 aliphatic carbocycles. The molecule has 11 heteroatoms. The molecule has 4 atom stereocenters. The van der Waals surface area contributed by atoms with Crippen LogP contribution >= 0.6 is 11.6 Å². The third kappa shape index (κ3) is 4.77. The molecule has 2 aromatic rings. The topological polar surface area (TPSA) is 53.5 Å². The normalized spacial score (nSPS) is 28.7. The predicted octanol–water partition coefficient (Wildman–Crippen LogP) is 4.44. The monoisotopic (exact) mass is 501 g/mol. The first kappa shape index (κ1) is 23.8. The molecule has 4 saturated heterocycles. The number of benzene rings is 1. The number of nitrogens with zero attached hydrogens (tertiary/aromatic N) is 4. The number of hydrogen-bond donors (Lipinski definition) is 1. The highest BCUT2D eigenvalue weighted by Crippen LogP contribution is 2.39. The van der Waals surface area contributed by atoms with Crippen LogP contribution < -0.4 is 15.0 Å². The molecule has 1 N–H and O–H groups in total. The largest absolute Gasteiger partial charge is 0.467 e. The molecule has 6 rings (SSSR count). The second-order valence-corrected chi connectivity index (χ2v) is 9.95. The van der Waals surface area contributed by atoms with Crippen molar-refractivity contribution < 1.29 is 22.3 Å². The maximum atomic E-state index is 13.3. The van der Waals surface area contributed by atoms with Gasteiger partial charge in [0.25, 0.3) is 0 Å². The molecule has 4 aliphatic rings. The fourth-order valence-corrected chi connectivity index (χ4v) is 5.92. The molecule has 4 aliphatic heterocycles. The fraction of sp³-hybridized carbons (Fsp3) is 0.652. The van der Waals surface area contributed by atoms with Crippen molar-refractivity contribution in [1.82, 2.24) is 20.2 Å². The van der Waals surface area contributed by atoms with E-state index in [1.807, 2.05) is 4.90 Å². The van der Waals surface area contributed by atoms with E-state index in [0.29, 0.717) is 54.5 Å². The lowest BCUT2D eigenvalue weighted by molar-refractivity contribution is -0.137. The average molecular weight is 502 g/mol. The third-order valence-electron chi connectivity index (χ3n) is 7.21. The molecular weight excluding hydrogens is 474 g/mol. The summed E-state index contributed by atoms with van der Waals surface area (Å²) < 4.78 is 57.5. The third-order valence-corrected chi connectivity index (χ3v) is 7.52. The molecule has 0 saturated carbocycles. The van der Waals surface area contributed by atoms with E-state index in [9.17, 15) is 17.6 Å². The van der Waals surface area contributed by atoms with Crippen molar-refractivity contribution in [2.24, 2.45) is 0 Å².